The van der Waals surface area contributed by atoms with Crippen molar-refractivity contribution in [3.8, 4) is 33.4 Å². The molecule has 1 unspecified atom stereocenters. The molecule has 0 radical (unpaired) electrons. The van der Waals surface area contributed by atoms with Crippen molar-refractivity contribution >= 4 is 46.5 Å². The highest BCUT2D eigenvalue weighted by atomic mass is 19.4. The molecule has 122 heavy (non-hydrogen) atoms. The maximum absolute atomic E-state index is 14.4. The van der Waals surface area contributed by atoms with Gasteiger partial charge in [0.15, 0.2) is 0 Å². The van der Waals surface area contributed by atoms with E-state index in [1.54, 1.807) is 55.4 Å². The third-order valence-electron chi connectivity index (χ3n) is 19.2. The molecule has 6 amide bonds. The molecular formula is C91H75F13N12O6. The highest BCUT2D eigenvalue weighted by molar-refractivity contribution is 5.97. The van der Waals surface area contributed by atoms with Crippen LogP contribution in [-0.4, -0.2) is 100 Å². The summed E-state index contributed by atoms with van der Waals surface area (Å²) in [4.78, 5) is 95.9. The maximum atomic E-state index is 14.4. The zero-order chi connectivity index (χ0) is 87.6. The predicted molar refractivity (Wildman–Crippen MR) is 430 cm³/mol. The average molecular weight is 1680 g/mol. The first-order valence-corrected chi connectivity index (χ1v) is 37.5. The van der Waals surface area contributed by atoms with Gasteiger partial charge in [-0.1, -0.05) is 78.9 Å². The minimum absolute atomic E-state index is 0.0441. The Hall–Kier alpha value is -14.2. The summed E-state index contributed by atoms with van der Waals surface area (Å²) in [6.07, 6.45) is 1.03. The van der Waals surface area contributed by atoms with E-state index in [1.165, 1.54) is 136 Å². The van der Waals surface area contributed by atoms with Crippen LogP contribution in [0, 0.1) is 58.2 Å². The molecule has 9 aromatic carbocycles. The van der Waals surface area contributed by atoms with E-state index in [4.69, 9.17) is 0 Å². The van der Waals surface area contributed by atoms with Crippen molar-refractivity contribution in [1.29, 1.82) is 0 Å². The zero-order valence-electron chi connectivity index (χ0n) is 65.5. The van der Waals surface area contributed by atoms with Gasteiger partial charge in [0, 0.05) is 74.6 Å². The Bertz CT molecular complexity index is 5940. The number of rotatable bonds is 25. The number of benzene rings is 9. The topological polar surface area (TPSA) is 234 Å². The number of aromatic nitrogens is 5. The molecule has 0 aliphatic carbocycles. The van der Waals surface area contributed by atoms with E-state index >= 15 is 0 Å². The van der Waals surface area contributed by atoms with Crippen LogP contribution in [-0.2, 0) is 52.8 Å². The highest BCUT2D eigenvalue weighted by Gasteiger charge is 2.33. The quantitative estimate of drug-likeness (QED) is 0.0295. The van der Waals surface area contributed by atoms with E-state index in [0.29, 0.717) is 62.0 Å². The standard InChI is InChI=1S/C31H23F6N5O2.C31H28F4N4O2.C29H24F3N3O2/c1-38-30(44)23-12-18(4-6-24(23)34)22-3-2-8-39-29(22)26(11-17-9-20(32)14-21(33)10-17)41-28(43)15-42-16-40-25-7-5-19(13-27(25)42)31(35,36)37;1-36-30(40)25-16-20(8-11-26(25)35)24-5-4-12-37-28(24)27(15-18-13-22(33)17-23(34)14-18)38-31(41)29(39(2)3)19-6-9-21(32)10-7-19;1-33-29(37)24-16-20(9-10-25(24)32)23-8-5-11-34-28(23)26(14-19-12-21(30)17-22(31)13-19)35-27(36)15-18-6-3-2-4-7-18/h2-10,12-14,16,26H,11,15H2,1H3,(H,38,44)(H,41,43);4-14,16-17,27,29H,15H2,1-3H3,(H,36,40)(H,38,41);2-13,16-17,26H,14-15H2,1H3,(H,33,37)(H,35,36)/t26-;27-,29?;26-/m000/s1. The second-order valence-corrected chi connectivity index (χ2v) is 28.0. The van der Waals surface area contributed by atoms with Crippen molar-refractivity contribution in [1.82, 2.24) is 61.3 Å². The van der Waals surface area contributed by atoms with E-state index in [2.05, 4.69) is 51.8 Å². The number of nitrogens with one attached hydrogen (secondary N) is 6. The van der Waals surface area contributed by atoms with E-state index in [-0.39, 0.29) is 76.1 Å². The molecule has 4 aromatic heterocycles. The van der Waals surface area contributed by atoms with Crippen molar-refractivity contribution in [3.05, 3.63) is 369 Å². The van der Waals surface area contributed by atoms with Crippen molar-refractivity contribution in [2.75, 3.05) is 35.2 Å². The summed E-state index contributed by atoms with van der Waals surface area (Å²) in [5.41, 5.74) is 4.61. The summed E-state index contributed by atoms with van der Waals surface area (Å²) in [5.74, 6) is -10.7. The highest BCUT2D eigenvalue weighted by Crippen LogP contribution is 2.37. The number of fused-ring (bicyclic) bond motifs is 1. The van der Waals surface area contributed by atoms with Crippen LogP contribution in [0.2, 0.25) is 0 Å². The van der Waals surface area contributed by atoms with Gasteiger partial charge in [-0.2, -0.15) is 13.2 Å². The molecule has 0 bridgehead atoms. The van der Waals surface area contributed by atoms with Gasteiger partial charge in [-0.05, 0) is 199 Å². The van der Waals surface area contributed by atoms with Crippen molar-refractivity contribution in [3.63, 3.8) is 0 Å². The van der Waals surface area contributed by atoms with Crippen molar-refractivity contribution < 1.29 is 85.8 Å². The SMILES string of the molecule is CNC(=O)c1cc(-c2cccnc2[C@H](Cc2cc(F)cc(F)c2)NC(=O)C(c2ccc(F)cc2)N(C)C)ccc1F.CNC(=O)c1cc(-c2cccnc2[C@H](Cc2cc(F)cc(F)c2)NC(=O)Cc2ccccc2)ccc1F.CNC(=O)c1cc(-c2cccnc2[C@H](Cc2cc(F)cc(F)c2)NC(=O)Cn2cnc3ccc(C(F)(F)F)cc32)ccc1F. The first kappa shape index (κ1) is 88.6. The lowest BCUT2D eigenvalue weighted by Crippen LogP contribution is -2.40. The zero-order valence-corrected chi connectivity index (χ0v) is 65.5. The summed E-state index contributed by atoms with van der Waals surface area (Å²) in [5, 5.41) is 15.8. The van der Waals surface area contributed by atoms with Crippen LogP contribution in [0.15, 0.2) is 243 Å². The number of amides is 6. The fraction of sp³-hybridized carbons (Fsp3) is 0.165. The van der Waals surface area contributed by atoms with Crippen molar-refractivity contribution in [2.45, 2.75) is 62.6 Å². The van der Waals surface area contributed by atoms with Crippen LogP contribution in [0.5, 0.6) is 0 Å². The summed E-state index contributed by atoms with van der Waals surface area (Å²) in [6.45, 7) is -0.439. The van der Waals surface area contributed by atoms with Gasteiger partial charge in [-0.15, -0.1) is 0 Å². The molecule has 13 aromatic rings. The Kier molecular flexibility index (Phi) is 29.1. The van der Waals surface area contributed by atoms with E-state index in [1.807, 2.05) is 30.3 Å². The van der Waals surface area contributed by atoms with Crippen LogP contribution < -0.4 is 31.9 Å². The molecule has 0 saturated heterocycles. The maximum Gasteiger partial charge on any atom is 0.416 e. The first-order valence-electron chi connectivity index (χ1n) is 37.5. The number of carbonyl (C=O) groups is 6. The number of alkyl halides is 3. The number of hydrogen-bond acceptors (Lipinski definition) is 11. The Morgan fingerprint density at radius 1 is 0.393 bits per heavy atom. The largest absolute Gasteiger partial charge is 0.416 e. The van der Waals surface area contributed by atoms with E-state index in [0.717, 1.165) is 66.2 Å². The molecule has 18 nitrogen and oxygen atoms in total. The van der Waals surface area contributed by atoms with Crippen molar-refractivity contribution in [2.24, 2.45) is 0 Å². The van der Waals surface area contributed by atoms with E-state index < -0.39 is 130 Å². The van der Waals surface area contributed by atoms with Gasteiger partial charge in [-0.3, -0.25) is 48.6 Å². The van der Waals surface area contributed by atoms with Gasteiger partial charge in [0.25, 0.3) is 17.7 Å². The Morgan fingerprint density at radius 2 is 0.779 bits per heavy atom. The molecule has 0 spiro atoms. The average Bonchev–Trinajstić information content (AvgIpc) is 1.61. The summed E-state index contributed by atoms with van der Waals surface area (Å²) < 4.78 is 182. The molecule has 626 valence electrons. The summed E-state index contributed by atoms with van der Waals surface area (Å²) >= 11 is 0. The second kappa shape index (κ2) is 40.0. The van der Waals surface area contributed by atoms with Gasteiger partial charge in [0.2, 0.25) is 17.7 Å². The Labute approximate surface area is 690 Å². The second-order valence-electron chi connectivity index (χ2n) is 28.0. The number of nitrogens with zero attached hydrogens (tertiary/aromatic N) is 6. The van der Waals surface area contributed by atoms with Crippen LogP contribution in [0.3, 0.4) is 0 Å². The summed E-state index contributed by atoms with van der Waals surface area (Å²) in [7, 11) is 7.52. The Morgan fingerprint density at radius 3 is 1.16 bits per heavy atom. The van der Waals surface area contributed by atoms with E-state index in [9.17, 15) is 85.8 Å². The number of halogens is 13. The molecule has 0 saturated carbocycles. The fourth-order valence-electron chi connectivity index (χ4n) is 13.7. The number of carbonyl (C=O) groups excluding carboxylic acids is 6. The summed E-state index contributed by atoms with van der Waals surface area (Å²) in [6, 6.07) is 45.1. The van der Waals surface area contributed by atoms with Gasteiger partial charge in [0.1, 0.15) is 70.8 Å². The lowest BCUT2D eigenvalue weighted by molar-refractivity contribution is -0.137. The van der Waals surface area contributed by atoms with Gasteiger partial charge < -0.3 is 36.5 Å². The molecule has 0 aliphatic rings. The predicted octanol–water partition coefficient (Wildman–Crippen LogP) is 16.5. The van der Waals surface area contributed by atoms with Gasteiger partial charge >= 0.3 is 6.18 Å². The molecule has 6 N–H and O–H groups in total. The molecule has 0 aliphatic heterocycles. The van der Waals surface area contributed by atoms with Crippen LogP contribution in [0.4, 0.5) is 57.1 Å². The number of hydrogen-bond donors (Lipinski definition) is 6. The lowest BCUT2D eigenvalue weighted by atomic mass is 9.93. The Balaban J connectivity index is 0.000000179. The molecular weight excluding hydrogens is 1600 g/mol. The number of imidazole rings is 1. The molecule has 4 heterocycles. The minimum Gasteiger partial charge on any atom is -0.355 e. The molecule has 0 fully saturated rings. The first-order chi connectivity index (χ1) is 58.3. The molecule has 31 heteroatoms. The van der Waals surface area contributed by atoms with Gasteiger partial charge in [-0.25, -0.2) is 48.9 Å². The lowest BCUT2D eigenvalue weighted by Gasteiger charge is -2.28. The van der Waals surface area contributed by atoms with Gasteiger partial charge in [0.05, 0.1) is 81.2 Å². The molecule has 4 atom stereocenters. The fourth-order valence-corrected chi connectivity index (χ4v) is 13.7. The third-order valence-corrected chi connectivity index (χ3v) is 19.2. The number of likely N-dealkylation sites (N-methyl/N-ethyl adjacent to an activating group) is 1. The number of pyridine rings is 3. The van der Waals surface area contributed by atoms with Crippen LogP contribution in [0.1, 0.15) is 106 Å². The monoisotopic (exact) mass is 1680 g/mol. The smallest absolute Gasteiger partial charge is 0.355 e. The van der Waals surface area contributed by atoms with Crippen LogP contribution >= 0.6 is 0 Å². The van der Waals surface area contributed by atoms with Crippen LogP contribution in [0.25, 0.3) is 44.4 Å². The molecule has 13 rings (SSSR count). The third kappa shape index (κ3) is 22.8. The minimum atomic E-state index is -4.61. The normalized spacial score (nSPS) is 12.2.